The lowest BCUT2D eigenvalue weighted by Gasteiger charge is -2.40. The highest BCUT2D eigenvalue weighted by molar-refractivity contribution is 8.00. The molecule has 3 N–H and O–H groups in total. The van der Waals surface area contributed by atoms with E-state index >= 15 is 0 Å². The van der Waals surface area contributed by atoms with Crippen LogP contribution in [0.3, 0.4) is 0 Å². The van der Waals surface area contributed by atoms with Crippen LogP contribution in [-0.4, -0.2) is 17.1 Å². The van der Waals surface area contributed by atoms with Crippen molar-refractivity contribution in [3.05, 3.63) is 24.3 Å². The molecular formula is C15H19N3O3S. The zero-order chi connectivity index (χ0) is 16.4. The van der Waals surface area contributed by atoms with E-state index in [2.05, 4.69) is 17.3 Å². The molecule has 0 bridgehead atoms. The third-order valence-electron chi connectivity index (χ3n) is 3.42. The Labute approximate surface area is 134 Å². The Hall–Kier alpha value is -1.88. The first-order valence-electron chi connectivity index (χ1n) is 6.68. The Morgan fingerprint density at radius 1 is 1.45 bits per heavy atom. The number of rotatable bonds is 5. The summed E-state index contributed by atoms with van der Waals surface area (Å²) >= 11 is 1.19. The van der Waals surface area contributed by atoms with Gasteiger partial charge in [0.05, 0.1) is 11.1 Å². The quantitative estimate of drug-likeness (QED) is 0.640. The molecule has 6 nitrogen and oxygen atoms in total. The number of primary amides is 1. The Kier molecular flexibility index (Phi) is 4.56. The fourth-order valence-electron chi connectivity index (χ4n) is 2.30. The normalized spacial score (nSPS) is 16.1. The van der Waals surface area contributed by atoms with Crippen LogP contribution in [0.2, 0.25) is 0 Å². The molecule has 1 atom stereocenters. The van der Waals surface area contributed by atoms with Crippen LogP contribution in [0.5, 0.6) is 0 Å². The van der Waals surface area contributed by atoms with E-state index in [9.17, 15) is 4.79 Å². The zero-order valence-electron chi connectivity index (χ0n) is 13.0. The van der Waals surface area contributed by atoms with Crippen molar-refractivity contribution in [2.75, 3.05) is 17.0 Å². The van der Waals surface area contributed by atoms with Crippen LogP contribution in [0.4, 0.5) is 11.4 Å². The molecule has 0 saturated carbocycles. The van der Waals surface area contributed by atoms with E-state index in [4.69, 9.17) is 15.5 Å². The molecule has 0 aromatic heterocycles. The SMILES string of the molecule is CC#CC(C)(C)C(ON1ONc2ccccc21)(SC)C(N)=O. The summed E-state index contributed by atoms with van der Waals surface area (Å²) < 4.78 is 0. The molecular weight excluding hydrogens is 302 g/mol. The Balaban J connectivity index is 2.40. The van der Waals surface area contributed by atoms with Gasteiger partial charge in [0, 0.05) is 0 Å². The smallest absolute Gasteiger partial charge is 0.264 e. The van der Waals surface area contributed by atoms with Gasteiger partial charge in [-0.2, -0.15) is 0 Å². The summed E-state index contributed by atoms with van der Waals surface area (Å²) in [6.07, 6.45) is 1.75. The van der Waals surface area contributed by atoms with Crippen molar-refractivity contribution in [1.29, 1.82) is 0 Å². The van der Waals surface area contributed by atoms with Gasteiger partial charge in [-0.3, -0.25) is 4.79 Å². The molecule has 0 fully saturated rings. The summed E-state index contributed by atoms with van der Waals surface area (Å²) in [7, 11) is 0. The van der Waals surface area contributed by atoms with Crippen LogP contribution in [0.25, 0.3) is 0 Å². The molecule has 1 amide bonds. The van der Waals surface area contributed by atoms with Crippen molar-refractivity contribution in [3.8, 4) is 11.8 Å². The summed E-state index contributed by atoms with van der Waals surface area (Å²) in [5.41, 5.74) is 8.93. The fraction of sp³-hybridized carbons (Fsp3) is 0.400. The molecule has 0 radical (unpaired) electrons. The number of para-hydroxylation sites is 2. The number of carbonyl (C=O) groups is 1. The van der Waals surface area contributed by atoms with E-state index in [0.717, 1.165) is 10.9 Å². The second kappa shape index (κ2) is 6.08. The van der Waals surface area contributed by atoms with Gasteiger partial charge in [0.15, 0.2) is 0 Å². The first-order valence-corrected chi connectivity index (χ1v) is 7.90. The van der Waals surface area contributed by atoms with E-state index in [1.165, 1.54) is 11.8 Å². The van der Waals surface area contributed by atoms with Crippen molar-refractivity contribution in [1.82, 2.24) is 0 Å². The molecule has 0 aliphatic carbocycles. The second-order valence-electron chi connectivity index (χ2n) is 5.24. The van der Waals surface area contributed by atoms with E-state index in [0.29, 0.717) is 5.69 Å². The molecule has 1 aliphatic rings. The number of hydrogen-bond acceptors (Lipinski definition) is 6. The van der Waals surface area contributed by atoms with Crippen LogP contribution in [0.15, 0.2) is 24.3 Å². The summed E-state index contributed by atoms with van der Waals surface area (Å²) in [5, 5.41) is 1.16. The van der Waals surface area contributed by atoms with Crippen LogP contribution in [0.1, 0.15) is 20.8 Å². The molecule has 1 unspecified atom stereocenters. The first kappa shape index (κ1) is 16.5. The topological polar surface area (TPSA) is 76.8 Å². The maximum atomic E-state index is 12.2. The van der Waals surface area contributed by atoms with Gasteiger partial charge < -0.3 is 5.73 Å². The second-order valence-corrected chi connectivity index (χ2v) is 6.23. The molecule has 1 aromatic rings. The highest BCUT2D eigenvalue weighted by atomic mass is 32.2. The average molecular weight is 321 g/mol. The van der Waals surface area contributed by atoms with Gasteiger partial charge in [-0.15, -0.1) is 22.6 Å². The van der Waals surface area contributed by atoms with Gasteiger partial charge >= 0.3 is 0 Å². The number of nitrogens with two attached hydrogens (primary N) is 1. The molecule has 1 aromatic carbocycles. The molecule has 0 spiro atoms. The molecule has 2 rings (SSSR count). The van der Waals surface area contributed by atoms with E-state index < -0.39 is 16.3 Å². The predicted molar refractivity (Wildman–Crippen MR) is 87.4 cm³/mol. The largest absolute Gasteiger partial charge is 0.366 e. The molecule has 22 heavy (non-hydrogen) atoms. The summed E-state index contributed by atoms with van der Waals surface area (Å²) in [6.45, 7) is 5.32. The van der Waals surface area contributed by atoms with E-state index in [-0.39, 0.29) is 0 Å². The maximum absolute atomic E-state index is 12.2. The van der Waals surface area contributed by atoms with Crippen molar-refractivity contribution in [2.45, 2.75) is 25.7 Å². The Morgan fingerprint density at radius 2 is 2.14 bits per heavy atom. The average Bonchev–Trinajstić information content (AvgIpc) is 2.87. The Morgan fingerprint density at radius 3 is 2.73 bits per heavy atom. The predicted octanol–water partition coefficient (Wildman–Crippen LogP) is 2.29. The number of anilines is 2. The molecule has 1 aliphatic heterocycles. The van der Waals surface area contributed by atoms with Crippen LogP contribution >= 0.6 is 11.8 Å². The third-order valence-corrected chi connectivity index (χ3v) is 4.78. The van der Waals surface area contributed by atoms with Crippen molar-refractivity contribution < 1.29 is 14.6 Å². The van der Waals surface area contributed by atoms with Gasteiger partial charge in [0.1, 0.15) is 5.69 Å². The lowest BCUT2D eigenvalue weighted by molar-refractivity contribution is -0.164. The lowest BCUT2D eigenvalue weighted by atomic mass is 9.86. The van der Waals surface area contributed by atoms with E-state index in [1.54, 1.807) is 33.1 Å². The lowest BCUT2D eigenvalue weighted by Crippen LogP contribution is -2.56. The number of benzene rings is 1. The van der Waals surface area contributed by atoms with Gasteiger partial charge in [-0.25, -0.2) is 10.3 Å². The van der Waals surface area contributed by atoms with Crippen LogP contribution in [0, 0.1) is 17.3 Å². The van der Waals surface area contributed by atoms with Gasteiger partial charge in [0.25, 0.3) is 5.91 Å². The number of nitrogens with zero attached hydrogens (tertiary/aromatic N) is 1. The highest BCUT2D eigenvalue weighted by Gasteiger charge is 2.54. The number of fused-ring (bicyclic) bond motifs is 1. The van der Waals surface area contributed by atoms with Crippen LogP contribution < -0.4 is 16.4 Å². The first-order chi connectivity index (χ1) is 10.4. The van der Waals surface area contributed by atoms with Crippen LogP contribution in [-0.2, 0) is 14.6 Å². The zero-order valence-corrected chi connectivity index (χ0v) is 13.8. The fourth-order valence-corrected chi connectivity index (χ4v) is 3.20. The van der Waals surface area contributed by atoms with Crippen molar-refractivity contribution in [3.63, 3.8) is 0 Å². The van der Waals surface area contributed by atoms with E-state index in [1.807, 2.05) is 18.2 Å². The maximum Gasteiger partial charge on any atom is 0.264 e. The minimum Gasteiger partial charge on any atom is -0.366 e. The summed E-state index contributed by atoms with van der Waals surface area (Å²) in [6, 6.07) is 7.34. The van der Waals surface area contributed by atoms with Gasteiger partial charge in [-0.1, -0.05) is 23.3 Å². The third kappa shape index (κ3) is 2.61. The van der Waals surface area contributed by atoms with Gasteiger partial charge in [-0.05, 0) is 39.2 Å². The highest BCUT2D eigenvalue weighted by Crippen LogP contribution is 2.45. The standard InChI is InChI=1S/C15H19N3O3S/c1-5-10-14(2,3)15(22-4,13(16)19)20-18-12-9-7-6-8-11(12)17-21-18/h6-9,17H,1-4H3,(H2,16,19). The summed E-state index contributed by atoms with van der Waals surface area (Å²) in [5.74, 6) is 5.19. The number of hydrogen-bond donors (Lipinski definition) is 2. The number of nitrogens with one attached hydrogen (secondary N) is 1. The molecule has 118 valence electrons. The number of amides is 1. The minimum atomic E-state index is -1.41. The van der Waals surface area contributed by atoms with Crippen molar-refractivity contribution >= 4 is 29.0 Å². The minimum absolute atomic E-state index is 0.624. The van der Waals surface area contributed by atoms with Gasteiger partial charge in [0.2, 0.25) is 4.93 Å². The summed E-state index contributed by atoms with van der Waals surface area (Å²) in [4.78, 5) is 22.0. The van der Waals surface area contributed by atoms with Crippen molar-refractivity contribution in [2.24, 2.45) is 11.1 Å². The molecule has 7 heteroatoms. The number of carbonyl (C=O) groups excluding carboxylic acids is 1. The Bertz CT molecular complexity index is 638. The number of thioether (sulfide) groups is 1. The monoisotopic (exact) mass is 321 g/mol. The molecule has 0 saturated heterocycles. The molecule has 1 heterocycles.